The maximum Gasteiger partial charge on any atom is 0.310 e. The number of aromatic nitrogens is 4. The monoisotopic (exact) mass is 550 g/mol. The smallest absolute Gasteiger partial charge is 0.310 e. The molecule has 7 nitrogen and oxygen atoms in total. The van der Waals surface area contributed by atoms with E-state index in [1.807, 2.05) is 17.6 Å². The van der Waals surface area contributed by atoms with Gasteiger partial charge in [0.2, 0.25) is 0 Å². The third kappa shape index (κ3) is 4.78. The zero-order valence-corrected chi connectivity index (χ0v) is 20.3. The Morgan fingerprint density at radius 2 is 1.86 bits per heavy atom. The summed E-state index contributed by atoms with van der Waals surface area (Å²) in [5.74, 6) is -1.08. The molecular weight excluding hydrogens is 535 g/mol. The molecule has 0 unspecified atom stereocenters. The number of fused-ring (bicyclic) bond motifs is 1. The van der Waals surface area contributed by atoms with E-state index in [1.165, 1.54) is 23.5 Å². The minimum absolute atomic E-state index is 0.0334. The number of hydrogen-bond acceptors (Lipinski definition) is 5. The normalized spacial score (nSPS) is 13.6. The van der Waals surface area contributed by atoms with Crippen LogP contribution < -0.4 is 5.32 Å². The summed E-state index contributed by atoms with van der Waals surface area (Å²) < 4.78 is 70.2. The number of nitrogens with one attached hydrogen (secondary N) is 1. The largest absolute Gasteiger partial charge is 0.322 e. The summed E-state index contributed by atoms with van der Waals surface area (Å²) in [4.78, 5) is 15.4. The Kier molecular flexibility index (Phi) is 5.05. The number of halogens is 5. The highest BCUT2D eigenvalue weighted by atomic mass is 32.5. The molecule has 37 heavy (non-hydrogen) atoms. The van der Waals surface area contributed by atoms with Crippen LogP contribution in [0.5, 0.6) is 0 Å². The van der Waals surface area contributed by atoms with Crippen molar-refractivity contribution in [3.63, 3.8) is 0 Å². The Labute approximate surface area is 210 Å². The number of amides is 1. The molecule has 0 aliphatic carbocycles. The Balaban J connectivity index is 1.50. The van der Waals surface area contributed by atoms with Crippen LogP contribution >= 0.6 is 21.6 Å². The molecule has 3 aromatic heterocycles. The SMILES string of the molecule is Cc1ccc(NC(=O)c2cc(C#N)cc(S(F)(F)(F)(F)F)c2)cc1-n1ccn2nc(-c3cncs3)cc12. The second kappa shape index (κ2) is 7.64. The van der Waals surface area contributed by atoms with Crippen molar-refractivity contribution in [3.8, 4) is 22.3 Å². The summed E-state index contributed by atoms with van der Waals surface area (Å²) in [6.07, 6.45) is 5.19. The van der Waals surface area contributed by atoms with Crippen molar-refractivity contribution < 1.29 is 24.2 Å². The summed E-state index contributed by atoms with van der Waals surface area (Å²) in [6, 6.07) is 8.95. The van der Waals surface area contributed by atoms with Crippen LogP contribution in [0.4, 0.5) is 25.1 Å². The van der Waals surface area contributed by atoms with Gasteiger partial charge in [-0.15, -0.1) is 11.3 Å². The Morgan fingerprint density at radius 1 is 1.08 bits per heavy atom. The number of carbonyl (C=O) groups is 1. The van der Waals surface area contributed by atoms with Crippen LogP contribution in [0.25, 0.3) is 21.9 Å². The van der Waals surface area contributed by atoms with Gasteiger partial charge in [0.05, 0.1) is 27.7 Å². The molecule has 5 rings (SSSR count). The third-order valence-corrected chi connectivity index (χ3v) is 7.40. The number of thiazole rings is 1. The second-order valence-corrected chi connectivity index (χ2v) is 11.4. The first-order chi connectivity index (χ1) is 17.2. The van der Waals surface area contributed by atoms with Crippen molar-refractivity contribution in [2.75, 3.05) is 5.32 Å². The van der Waals surface area contributed by atoms with Crippen molar-refractivity contribution in [2.45, 2.75) is 11.8 Å². The predicted molar refractivity (Wildman–Crippen MR) is 131 cm³/mol. The number of hydrogen-bond donors (Lipinski definition) is 1. The van der Waals surface area contributed by atoms with E-state index in [2.05, 4.69) is 15.4 Å². The molecule has 14 heteroatoms. The molecule has 190 valence electrons. The zero-order valence-electron chi connectivity index (χ0n) is 18.7. The van der Waals surface area contributed by atoms with Gasteiger partial charge in [0.1, 0.15) is 16.2 Å². The van der Waals surface area contributed by atoms with Gasteiger partial charge in [-0.1, -0.05) is 25.5 Å². The molecule has 0 spiro atoms. The van der Waals surface area contributed by atoms with Gasteiger partial charge < -0.3 is 5.32 Å². The van der Waals surface area contributed by atoms with Crippen LogP contribution in [-0.4, -0.2) is 25.1 Å². The third-order valence-electron chi connectivity index (χ3n) is 5.47. The van der Waals surface area contributed by atoms with Crippen LogP contribution in [0, 0.1) is 18.3 Å². The van der Waals surface area contributed by atoms with Gasteiger partial charge in [0.15, 0.2) is 0 Å². The van der Waals surface area contributed by atoms with Crippen LogP contribution in [-0.2, 0) is 0 Å². The molecule has 5 aromatic rings. The average Bonchev–Trinajstić information content (AvgIpc) is 3.56. The molecule has 0 bridgehead atoms. The first-order valence-corrected chi connectivity index (χ1v) is 13.2. The fraction of sp³-hybridized carbons (Fsp3) is 0.0435. The number of nitrogens with zero attached hydrogens (tertiary/aromatic N) is 5. The molecule has 1 amide bonds. The second-order valence-electron chi connectivity index (χ2n) is 8.15. The Bertz CT molecular complexity index is 1740. The van der Waals surface area contributed by atoms with Crippen LogP contribution in [0.3, 0.4) is 0 Å². The lowest BCUT2D eigenvalue weighted by molar-refractivity contribution is 0.102. The fourth-order valence-corrected chi connectivity index (χ4v) is 4.99. The molecule has 0 aliphatic rings. The maximum absolute atomic E-state index is 13.4. The molecule has 2 aromatic carbocycles. The molecule has 0 saturated heterocycles. The molecule has 0 fully saturated rings. The number of aryl methyl sites for hydroxylation is 1. The Morgan fingerprint density at radius 3 is 2.54 bits per heavy atom. The minimum atomic E-state index is -10.1. The van der Waals surface area contributed by atoms with Crippen molar-refractivity contribution in [1.29, 1.82) is 5.26 Å². The number of imidazole rings is 1. The van der Waals surface area contributed by atoms with Crippen molar-refractivity contribution in [1.82, 2.24) is 19.2 Å². The molecule has 0 atom stereocenters. The van der Waals surface area contributed by atoms with Crippen LogP contribution in [0.2, 0.25) is 0 Å². The van der Waals surface area contributed by atoms with Crippen molar-refractivity contribution in [2.24, 2.45) is 0 Å². The summed E-state index contributed by atoms with van der Waals surface area (Å²) in [6.45, 7) is 1.83. The van der Waals surface area contributed by atoms with Gasteiger partial charge in [-0.05, 0) is 42.8 Å². The van der Waals surface area contributed by atoms with Gasteiger partial charge >= 0.3 is 10.2 Å². The average molecular weight is 551 g/mol. The summed E-state index contributed by atoms with van der Waals surface area (Å²) in [7, 11) is -10.1. The van der Waals surface area contributed by atoms with E-state index >= 15 is 0 Å². The van der Waals surface area contributed by atoms with E-state index < -0.39 is 32.2 Å². The van der Waals surface area contributed by atoms with E-state index in [0.717, 1.165) is 16.5 Å². The highest BCUT2D eigenvalue weighted by Crippen LogP contribution is 3.02. The maximum atomic E-state index is 13.4. The highest BCUT2D eigenvalue weighted by molar-refractivity contribution is 8.45. The topological polar surface area (TPSA) is 88.0 Å². The molecule has 3 heterocycles. The van der Waals surface area contributed by atoms with Gasteiger partial charge in [0, 0.05) is 35.9 Å². The standard InChI is InChI=1S/C23H15F5N6OS2/c1-14-2-3-17(31-23(35)16-6-15(11-29)7-18(8-16)37(24,25,26,27)28)9-20(14)33-4-5-34-22(33)10-19(32-34)21-12-30-13-36-21/h2-10,12-13H,1H3,(H,31,35). The highest BCUT2D eigenvalue weighted by Gasteiger charge is 2.65. The molecule has 0 radical (unpaired) electrons. The zero-order chi connectivity index (χ0) is 26.7. The van der Waals surface area contributed by atoms with Crippen LogP contribution in [0.15, 0.2) is 71.5 Å². The fourth-order valence-electron chi connectivity index (χ4n) is 3.71. The van der Waals surface area contributed by atoms with Gasteiger partial charge in [0.25, 0.3) is 5.91 Å². The van der Waals surface area contributed by atoms with E-state index in [9.17, 15) is 24.2 Å². The van der Waals surface area contributed by atoms with Gasteiger partial charge in [-0.3, -0.25) is 14.3 Å². The summed E-state index contributed by atoms with van der Waals surface area (Å²) in [5.41, 5.74) is 3.33. The lowest BCUT2D eigenvalue weighted by Gasteiger charge is -2.40. The van der Waals surface area contributed by atoms with Gasteiger partial charge in [-0.2, -0.15) is 10.4 Å². The number of nitriles is 1. The minimum Gasteiger partial charge on any atom is -0.322 e. The first kappa shape index (κ1) is 24.5. The molecule has 0 aliphatic heterocycles. The number of rotatable bonds is 5. The van der Waals surface area contributed by atoms with Crippen molar-refractivity contribution in [3.05, 3.63) is 83.3 Å². The molecule has 0 saturated carbocycles. The van der Waals surface area contributed by atoms with Crippen molar-refractivity contribution >= 4 is 38.8 Å². The number of benzene rings is 2. The Hall–Kier alpha value is -4.22. The van der Waals surface area contributed by atoms with E-state index in [0.29, 0.717) is 17.0 Å². The quantitative estimate of drug-likeness (QED) is 0.232. The lowest BCUT2D eigenvalue weighted by Crippen LogP contribution is -2.15. The molecular formula is C23H15F5N6OS2. The van der Waals surface area contributed by atoms with Crippen LogP contribution in [0.1, 0.15) is 21.5 Å². The molecule has 1 N–H and O–H groups in total. The first-order valence-electron chi connectivity index (χ1n) is 10.4. The van der Waals surface area contributed by atoms with E-state index in [4.69, 9.17) is 5.26 Å². The predicted octanol–water partition coefficient (Wildman–Crippen LogP) is 7.34. The van der Waals surface area contributed by atoms with Gasteiger partial charge in [-0.25, -0.2) is 4.52 Å². The van der Waals surface area contributed by atoms with E-state index in [-0.39, 0.29) is 17.8 Å². The number of carbonyl (C=O) groups excluding carboxylic acids is 1. The summed E-state index contributed by atoms with van der Waals surface area (Å²) >= 11 is 1.43. The van der Waals surface area contributed by atoms with E-state index in [1.54, 1.807) is 40.7 Å². The lowest BCUT2D eigenvalue weighted by atomic mass is 10.1. The summed E-state index contributed by atoms with van der Waals surface area (Å²) in [5, 5.41) is 16.0. The number of anilines is 1.